The van der Waals surface area contributed by atoms with Gasteiger partial charge in [-0.05, 0) is 36.8 Å². The maximum Gasteiger partial charge on any atom is 0.248 e. The molecule has 0 saturated carbocycles. The van der Waals surface area contributed by atoms with Crippen LogP contribution < -0.4 is 5.32 Å². The number of carbonyl (C=O) groups excluding carboxylic acids is 1. The number of halogens is 2. The van der Waals surface area contributed by atoms with Gasteiger partial charge in [0.2, 0.25) is 5.91 Å². The normalized spacial score (nSPS) is 10.8. The minimum atomic E-state index is -0.219. The van der Waals surface area contributed by atoms with Gasteiger partial charge in [0.25, 0.3) is 0 Å². The molecular formula is C16H13Cl2NO. The molecular weight excluding hydrogens is 293 g/mol. The Morgan fingerprint density at radius 2 is 1.75 bits per heavy atom. The Balaban J connectivity index is 2.01. The van der Waals surface area contributed by atoms with Gasteiger partial charge in [-0.3, -0.25) is 4.79 Å². The van der Waals surface area contributed by atoms with Gasteiger partial charge in [0, 0.05) is 11.8 Å². The minimum Gasteiger partial charge on any atom is -0.322 e. The van der Waals surface area contributed by atoms with E-state index in [1.165, 1.54) is 11.6 Å². The molecule has 102 valence electrons. The van der Waals surface area contributed by atoms with Crippen molar-refractivity contribution < 1.29 is 4.79 Å². The lowest BCUT2D eigenvalue weighted by Crippen LogP contribution is -2.07. The van der Waals surface area contributed by atoms with Gasteiger partial charge < -0.3 is 5.32 Å². The smallest absolute Gasteiger partial charge is 0.248 e. The van der Waals surface area contributed by atoms with Crippen molar-refractivity contribution in [3.05, 3.63) is 69.7 Å². The predicted octanol–water partition coefficient (Wildman–Crippen LogP) is 4.95. The van der Waals surface area contributed by atoms with E-state index in [1.807, 2.05) is 31.2 Å². The maximum absolute atomic E-state index is 11.8. The number of rotatable bonds is 3. The second-order valence-corrected chi connectivity index (χ2v) is 5.18. The minimum absolute atomic E-state index is 0.219. The summed E-state index contributed by atoms with van der Waals surface area (Å²) in [4.78, 5) is 11.8. The summed E-state index contributed by atoms with van der Waals surface area (Å²) in [6.45, 7) is 2.02. The van der Waals surface area contributed by atoms with E-state index in [0.717, 1.165) is 5.56 Å². The van der Waals surface area contributed by atoms with Gasteiger partial charge in [0.15, 0.2) is 0 Å². The van der Waals surface area contributed by atoms with Gasteiger partial charge >= 0.3 is 0 Å². The van der Waals surface area contributed by atoms with Crippen molar-refractivity contribution >= 4 is 40.9 Å². The van der Waals surface area contributed by atoms with Gasteiger partial charge in [0.1, 0.15) is 0 Å². The number of amides is 1. The molecule has 4 heteroatoms. The molecule has 0 radical (unpaired) electrons. The Bertz CT molecular complexity index is 648. The average Bonchev–Trinajstić information content (AvgIpc) is 2.42. The molecule has 0 aliphatic heterocycles. The Hall–Kier alpha value is -1.77. The van der Waals surface area contributed by atoms with E-state index in [4.69, 9.17) is 23.2 Å². The second-order valence-electron chi connectivity index (χ2n) is 4.36. The maximum atomic E-state index is 11.8. The third-order valence-corrected chi connectivity index (χ3v) is 3.43. The molecule has 0 bridgehead atoms. The van der Waals surface area contributed by atoms with Crippen LogP contribution >= 0.6 is 23.2 Å². The number of nitrogens with one attached hydrogen (secondary N) is 1. The van der Waals surface area contributed by atoms with E-state index in [-0.39, 0.29) is 5.91 Å². The molecule has 0 fully saturated rings. The number of hydrogen-bond donors (Lipinski definition) is 1. The summed E-state index contributed by atoms with van der Waals surface area (Å²) in [5, 5.41) is 3.59. The first kappa shape index (κ1) is 14.6. The molecule has 0 unspecified atom stereocenters. The zero-order valence-corrected chi connectivity index (χ0v) is 12.4. The Labute approximate surface area is 128 Å². The fourth-order valence-corrected chi connectivity index (χ4v) is 1.91. The highest BCUT2D eigenvalue weighted by Crippen LogP contribution is 2.24. The zero-order valence-electron chi connectivity index (χ0n) is 10.9. The van der Waals surface area contributed by atoms with Gasteiger partial charge in [-0.2, -0.15) is 0 Å². The summed E-state index contributed by atoms with van der Waals surface area (Å²) in [6.07, 6.45) is 3.24. The van der Waals surface area contributed by atoms with Crippen molar-refractivity contribution in [1.82, 2.24) is 0 Å². The van der Waals surface area contributed by atoms with Crippen LogP contribution in [0.3, 0.4) is 0 Å². The molecule has 0 atom stereocenters. The van der Waals surface area contributed by atoms with Crippen LogP contribution in [0.2, 0.25) is 10.0 Å². The van der Waals surface area contributed by atoms with Crippen LogP contribution in [0, 0.1) is 6.92 Å². The summed E-state index contributed by atoms with van der Waals surface area (Å²) < 4.78 is 0. The van der Waals surface area contributed by atoms with Crippen molar-refractivity contribution in [3.63, 3.8) is 0 Å². The van der Waals surface area contributed by atoms with Crippen LogP contribution in [0.4, 0.5) is 5.69 Å². The van der Waals surface area contributed by atoms with Crippen LogP contribution in [-0.2, 0) is 4.79 Å². The Morgan fingerprint density at radius 3 is 2.40 bits per heavy atom. The van der Waals surface area contributed by atoms with E-state index in [9.17, 15) is 4.79 Å². The standard InChI is InChI=1S/C16H13Cl2NO/c1-11-2-4-12(5-3-11)6-9-16(20)19-13-7-8-14(17)15(18)10-13/h2-10H,1H3,(H,19,20)/b9-6+. The second kappa shape index (κ2) is 6.60. The summed E-state index contributed by atoms with van der Waals surface area (Å²) in [7, 11) is 0. The lowest BCUT2D eigenvalue weighted by Gasteiger charge is -2.03. The van der Waals surface area contributed by atoms with E-state index in [0.29, 0.717) is 15.7 Å². The molecule has 1 amide bonds. The van der Waals surface area contributed by atoms with Crippen molar-refractivity contribution in [2.75, 3.05) is 5.32 Å². The Kier molecular flexibility index (Phi) is 4.83. The highest BCUT2D eigenvalue weighted by Gasteiger charge is 2.01. The van der Waals surface area contributed by atoms with E-state index < -0.39 is 0 Å². The van der Waals surface area contributed by atoms with Gasteiger partial charge in [-0.25, -0.2) is 0 Å². The number of anilines is 1. The average molecular weight is 306 g/mol. The number of carbonyl (C=O) groups is 1. The lowest BCUT2D eigenvalue weighted by atomic mass is 10.1. The highest BCUT2D eigenvalue weighted by molar-refractivity contribution is 6.42. The molecule has 2 aromatic rings. The van der Waals surface area contributed by atoms with Crippen molar-refractivity contribution in [2.45, 2.75) is 6.92 Å². The molecule has 1 N–H and O–H groups in total. The van der Waals surface area contributed by atoms with Crippen molar-refractivity contribution in [3.8, 4) is 0 Å². The van der Waals surface area contributed by atoms with Crippen LogP contribution in [0.15, 0.2) is 48.5 Å². The SMILES string of the molecule is Cc1ccc(/C=C/C(=O)Nc2ccc(Cl)c(Cl)c2)cc1. The topological polar surface area (TPSA) is 29.1 Å². The third kappa shape index (κ3) is 4.12. The molecule has 0 saturated heterocycles. The Morgan fingerprint density at radius 1 is 1.05 bits per heavy atom. The van der Waals surface area contributed by atoms with Crippen LogP contribution in [0.5, 0.6) is 0 Å². The molecule has 0 aliphatic carbocycles. The first-order valence-electron chi connectivity index (χ1n) is 6.05. The molecule has 2 nitrogen and oxygen atoms in total. The van der Waals surface area contributed by atoms with Crippen molar-refractivity contribution in [1.29, 1.82) is 0 Å². The molecule has 0 aliphatic rings. The quantitative estimate of drug-likeness (QED) is 0.798. The van der Waals surface area contributed by atoms with E-state index >= 15 is 0 Å². The summed E-state index contributed by atoms with van der Waals surface area (Å²) >= 11 is 11.7. The zero-order chi connectivity index (χ0) is 14.5. The molecule has 2 aromatic carbocycles. The summed E-state index contributed by atoms with van der Waals surface area (Å²) in [5.41, 5.74) is 2.76. The van der Waals surface area contributed by atoms with Gasteiger partial charge in [-0.15, -0.1) is 0 Å². The fraction of sp³-hybridized carbons (Fsp3) is 0.0625. The van der Waals surface area contributed by atoms with Gasteiger partial charge in [-0.1, -0.05) is 53.0 Å². The predicted molar refractivity (Wildman–Crippen MR) is 85.3 cm³/mol. The largest absolute Gasteiger partial charge is 0.322 e. The number of aryl methyl sites for hydroxylation is 1. The highest BCUT2D eigenvalue weighted by atomic mass is 35.5. The van der Waals surface area contributed by atoms with Crippen LogP contribution in [-0.4, -0.2) is 5.91 Å². The molecule has 0 aromatic heterocycles. The van der Waals surface area contributed by atoms with E-state index in [1.54, 1.807) is 24.3 Å². The molecule has 2 rings (SSSR count). The van der Waals surface area contributed by atoms with Crippen LogP contribution in [0.1, 0.15) is 11.1 Å². The van der Waals surface area contributed by atoms with Gasteiger partial charge in [0.05, 0.1) is 10.0 Å². The number of hydrogen-bond acceptors (Lipinski definition) is 1. The number of benzene rings is 2. The fourth-order valence-electron chi connectivity index (χ4n) is 1.61. The molecule has 0 heterocycles. The first-order valence-corrected chi connectivity index (χ1v) is 6.81. The third-order valence-electron chi connectivity index (χ3n) is 2.69. The summed E-state index contributed by atoms with van der Waals surface area (Å²) in [5.74, 6) is -0.219. The lowest BCUT2D eigenvalue weighted by molar-refractivity contribution is -0.111. The van der Waals surface area contributed by atoms with E-state index in [2.05, 4.69) is 5.32 Å². The monoisotopic (exact) mass is 305 g/mol. The summed E-state index contributed by atoms with van der Waals surface area (Å²) in [6, 6.07) is 12.9. The molecule has 0 spiro atoms. The van der Waals surface area contributed by atoms with Crippen molar-refractivity contribution in [2.24, 2.45) is 0 Å². The molecule has 20 heavy (non-hydrogen) atoms. The van der Waals surface area contributed by atoms with Crippen LogP contribution in [0.25, 0.3) is 6.08 Å². The first-order chi connectivity index (χ1) is 9.54.